The van der Waals surface area contributed by atoms with Gasteiger partial charge in [-0.25, -0.2) is 14.5 Å². The van der Waals surface area contributed by atoms with E-state index in [0.717, 1.165) is 23.1 Å². The van der Waals surface area contributed by atoms with Crippen molar-refractivity contribution in [2.45, 2.75) is 33.4 Å². The Kier molecular flexibility index (Phi) is 6.87. The molecule has 0 amide bonds. The van der Waals surface area contributed by atoms with Gasteiger partial charge >= 0.3 is 11.7 Å². The van der Waals surface area contributed by atoms with Crippen LogP contribution < -0.4 is 11.3 Å². The van der Waals surface area contributed by atoms with Gasteiger partial charge in [-0.05, 0) is 54.3 Å². The lowest BCUT2D eigenvalue weighted by atomic mass is 10.1. The zero-order valence-corrected chi connectivity index (χ0v) is 19.2. The lowest BCUT2D eigenvalue weighted by Crippen LogP contribution is -2.31. The zero-order chi connectivity index (χ0) is 24.1. The van der Waals surface area contributed by atoms with E-state index >= 15 is 0 Å². The second kappa shape index (κ2) is 10.2. The number of carboxylic acid groups (broad SMARTS) is 1. The summed E-state index contributed by atoms with van der Waals surface area (Å²) in [7, 11) is 0. The lowest BCUT2D eigenvalue weighted by Gasteiger charge is -2.05. The molecule has 0 fully saturated rings. The Morgan fingerprint density at radius 2 is 1.62 bits per heavy atom. The Morgan fingerprint density at radius 1 is 1.00 bits per heavy atom. The van der Waals surface area contributed by atoms with Crippen molar-refractivity contribution in [3.63, 3.8) is 0 Å². The normalized spacial score (nSPS) is 12.6. The molecule has 0 spiro atoms. The topological polar surface area (TPSA) is 105 Å². The lowest BCUT2D eigenvalue weighted by molar-refractivity contribution is -0.141. The second-order valence-electron chi connectivity index (χ2n) is 8.45. The standard InChI is InChI=1S/C26H27N5O3/c1-18-3-5-22(6-4-18)17-30-25(29-31(26(30)34)16-19(2)24(32)33)28-23-9-7-20(8-10-23)15-21-11-13-27-14-12-21/h3-14,19H,15-17H2,1-2H3,(H,28,29)(H,32,33)/t19-/m0/s1. The first-order chi connectivity index (χ1) is 16.4. The summed E-state index contributed by atoms with van der Waals surface area (Å²) in [6.45, 7) is 3.93. The first-order valence-corrected chi connectivity index (χ1v) is 11.1. The molecule has 0 radical (unpaired) electrons. The third kappa shape index (κ3) is 5.58. The van der Waals surface area contributed by atoms with Gasteiger partial charge in [-0.3, -0.25) is 19.4 Å². The average Bonchev–Trinajstić information content (AvgIpc) is 3.11. The number of benzene rings is 2. The smallest absolute Gasteiger partial charge is 0.345 e. The van der Waals surface area contributed by atoms with Crippen LogP contribution in [0.1, 0.15) is 29.2 Å². The van der Waals surface area contributed by atoms with Gasteiger partial charge in [-0.1, -0.05) is 48.9 Å². The van der Waals surface area contributed by atoms with Crippen LogP contribution in [-0.2, 0) is 24.3 Å². The summed E-state index contributed by atoms with van der Waals surface area (Å²) < 4.78 is 2.84. The van der Waals surface area contributed by atoms with Crippen LogP contribution in [-0.4, -0.2) is 30.4 Å². The van der Waals surface area contributed by atoms with E-state index in [0.29, 0.717) is 17.9 Å². The van der Waals surface area contributed by atoms with Crippen LogP contribution in [0.2, 0.25) is 0 Å². The van der Waals surface area contributed by atoms with Crippen molar-refractivity contribution in [1.82, 2.24) is 19.3 Å². The fraction of sp³-hybridized carbons (Fsp3) is 0.231. The number of carbonyl (C=O) groups is 1. The molecule has 2 aromatic heterocycles. The number of aromatic nitrogens is 4. The van der Waals surface area contributed by atoms with Crippen LogP contribution >= 0.6 is 0 Å². The quantitative estimate of drug-likeness (QED) is 0.424. The zero-order valence-electron chi connectivity index (χ0n) is 19.2. The van der Waals surface area contributed by atoms with E-state index in [1.54, 1.807) is 19.3 Å². The number of nitrogens with one attached hydrogen (secondary N) is 1. The summed E-state index contributed by atoms with van der Waals surface area (Å²) in [6.07, 6.45) is 4.34. The molecule has 0 saturated carbocycles. The molecule has 174 valence electrons. The first-order valence-electron chi connectivity index (χ1n) is 11.1. The molecule has 0 aliphatic heterocycles. The summed E-state index contributed by atoms with van der Waals surface area (Å²) in [5.41, 5.74) is 5.12. The van der Waals surface area contributed by atoms with Crippen molar-refractivity contribution in [1.29, 1.82) is 0 Å². The molecule has 0 aliphatic rings. The number of H-pyrrole nitrogens is 1. The van der Waals surface area contributed by atoms with E-state index in [2.05, 4.69) is 15.1 Å². The highest BCUT2D eigenvalue weighted by Gasteiger charge is 2.16. The molecule has 0 aliphatic carbocycles. The second-order valence-corrected chi connectivity index (χ2v) is 8.45. The van der Waals surface area contributed by atoms with E-state index in [-0.39, 0.29) is 12.2 Å². The minimum atomic E-state index is -0.963. The molecule has 0 bridgehead atoms. The maximum absolute atomic E-state index is 13.1. The van der Waals surface area contributed by atoms with Gasteiger partial charge in [0, 0.05) is 12.4 Å². The van der Waals surface area contributed by atoms with E-state index in [1.165, 1.54) is 14.8 Å². The summed E-state index contributed by atoms with van der Waals surface area (Å²) in [4.78, 5) is 33.1. The van der Waals surface area contributed by atoms with Gasteiger partial charge < -0.3 is 5.11 Å². The van der Waals surface area contributed by atoms with Crippen LogP contribution in [0.4, 0.5) is 5.69 Å². The van der Waals surface area contributed by atoms with Gasteiger partial charge in [0.05, 0.1) is 24.7 Å². The van der Waals surface area contributed by atoms with Gasteiger partial charge in [0.25, 0.3) is 0 Å². The van der Waals surface area contributed by atoms with Crippen molar-refractivity contribution in [3.05, 3.63) is 111 Å². The molecule has 0 saturated heterocycles. The summed E-state index contributed by atoms with van der Waals surface area (Å²) in [5.74, 6) is -1.68. The number of pyridine rings is 1. The van der Waals surface area contributed by atoms with Gasteiger partial charge in [0.2, 0.25) is 5.62 Å². The maximum atomic E-state index is 13.1. The highest BCUT2D eigenvalue weighted by atomic mass is 16.4. The van der Waals surface area contributed by atoms with Crippen molar-refractivity contribution < 1.29 is 9.90 Å². The molecule has 1 atom stereocenters. The van der Waals surface area contributed by atoms with Gasteiger partial charge in [-0.15, -0.1) is 0 Å². The van der Waals surface area contributed by atoms with Crippen LogP contribution in [0.25, 0.3) is 0 Å². The Bertz CT molecular complexity index is 1380. The highest BCUT2D eigenvalue weighted by Crippen LogP contribution is 2.15. The van der Waals surface area contributed by atoms with Crippen LogP contribution in [0, 0.1) is 12.8 Å². The number of aryl methyl sites for hydroxylation is 1. The monoisotopic (exact) mass is 457 g/mol. The molecule has 2 N–H and O–H groups in total. The van der Waals surface area contributed by atoms with E-state index in [9.17, 15) is 14.7 Å². The SMILES string of the molecule is Cc1ccc(Cn2c(=O)n(C[C@H](C)C(=O)O)[nH]/c2=N\c2ccc(Cc3ccncc3)cc2)cc1. The minimum Gasteiger partial charge on any atom is -0.481 e. The third-order valence-electron chi connectivity index (χ3n) is 5.62. The number of carboxylic acids is 1. The van der Waals surface area contributed by atoms with E-state index in [1.807, 2.05) is 67.6 Å². The highest BCUT2D eigenvalue weighted by molar-refractivity contribution is 5.69. The molecule has 8 nitrogen and oxygen atoms in total. The predicted octanol–water partition coefficient (Wildman–Crippen LogP) is 3.27. The van der Waals surface area contributed by atoms with Crippen LogP contribution in [0.5, 0.6) is 0 Å². The van der Waals surface area contributed by atoms with Gasteiger partial charge in [0.15, 0.2) is 0 Å². The largest absolute Gasteiger partial charge is 0.481 e. The Morgan fingerprint density at radius 3 is 2.26 bits per heavy atom. The average molecular weight is 458 g/mol. The summed E-state index contributed by atoms with van der Waals surface area (Å²) in [6, 6.07) is 19.7. The first kappa shape index (κ1) is 23.0. The molecule has 4 aromatic rings. The summed E-state index contributed by atoms with van der Waals surface area (Å²) >= 11 is 0. The Labute approximate surface area is 196 Å². The van der Waals surface area contributed by atoms with Crippen molar-refractivity contribution >= 4 is 11.7 Å². The molecular weight excluding hydrogens is 430 g/mol. The van der Waals surface area contributed by atoms with Crippen molar-refractivity contribution in [2.75, 3.05) is 0 Å². The number of aromatic amines is 1. The molecular formula is C26H27N5O3. The number of hydrogen-bond acceptors (Lipinski definition) is 4. The predicted molar refractivity (Wildman–Crippen MR) is 129 cm³/mol. The molecule has 4 rings (SSSR count). The fourth-order valence-electron chi connectivity index (χ4n) is 3.59. The van der Waals surface area contributed by atoms with Crippen LogP contribution in [0.15, 0.2) is 82.8 Å². The van der Waals surface area contributed by atoms with Crippen molar-refractivity contribution in [2.24, 2.45) is 10.9 Å². The molecule has 34 heavy (non-hydrogen) atoms. The van der Waals surface area contributed by atoms with E-state index < -0.39 is 11.9 Å². The number of nitrogens with zero attached hydrogens (tertiary/aromatic N) is 4. The Balaban J connectivity index is 1.67. The van der Waals surface area contributed by atoms with Gasteiger partial charge in [0.1, 0.15) is 0 Å². The van der Waals surface area contributed by atoms with Crippen LogP contribution in [0.3, 0.4) is 0 Å². The minimum absolute atomic E-state index is 0.0302. The third-order valence-corrected chi connectivity index (χ3v) is 5.62. The molecule has 8 heteroatoms. The molecule has 0 unspecified atom stereocenters. The number of hydrogen-bond donors (Lipinski definition) is 2. The molecule has 2 aromatic carbocycles. The number of rotatable bonds is 8. The van der Waals surface area contributed by atoms with Gasteiger partial charge in [-0.2, -0.15) is 0 Å². The van der Waals surface area contributed by atoms with Crippen molar-refractivity contribution in [3.8, 4) is 0 Å². The van der Waals surface area contributed by atoms with E-state index in [4.69, 9.17) is 0 Å². The molecule has 2 heterocycles. The fourth-order valence-corrected chi connectivity index (χ4v) is 3.59. The summed E-state index contributed by atoms with van der Waals surface area (Å²) in [5, 5.41) is 12.3. The number of aliphatic carboxylic acids is 1. The Hall–Kier alpha value is -4.20. The maximum Gasteiger partial charge on any atom is 0.345 e.